The zero-order chi connectivity index (χ0) is 23.6. The summed E-state index contributed by atoms with van der Waals surface area (Å²) >= 11 is 0. The fourth-order valence-corrected chi connectivity index (χ4v) is 4.03. The Labute approximate surface area is 188 Å². The molecule has 4 rings (SSSR count). The van der Waals surface area contributed by atoms with Gasteiger partial charge in [-0.25, -0.2) is 9.97 Å². The molecule has 0 radical (unpaired) electrons. The number of halogens is 3. The van der Waals surface area contributed by atoms with E-state index in [1.54, 1.807) is 17.0 Å². The number of aryl methyl sites for hydroxylation is 1. The monoisotopic (exact) mass is 459 g/mol. The number of amides is 1. The maximum absolute atomic E-state index is 13.6. The van der Waals surface area contributed by atoms with Crippen LogP contribution < -0.4 is 5.32 Å². The summed E-state index contributed by atoms with van der Waals surface area (Å²) < 4.78 is 38.4. The number of likely N-dealkylation sites (tertiary alicyclic amines) is 1. The fraction of sp³-hybridized carbons (Fsp3) is 0.409. The standard InChI is InChI=1S/C22H24F3N7O/c1-14-4-3-11-31(18(14)13-27-19-8-6-16(12-26-19)22(23,24)25)21(33)20-17(7-5-15(2)30-20)32-28-9-10-29-32/h5-10,12,14,18H,3-4,11,13H2,1-2H3,(H,26,27). The molecule has 1 saturated heterocycles. The molecule has 4 heterocycles. The van der Waals surface area contributed by atoms with E-state index in [2.05, 4.69) is 32.4 Å². The van der Waals surface area contributed by atoms with Crippen LogP contribution in [0.5, 0.6) is 0 Å². The number of nitrogens with zero attached hydrogens (tertiary/aromatic N) is 6. The highest BCUT2D eigenvalue weighted by molar-refractivity contribution is 5.96. The first-order chi connectivity index (χ1) is 15.7. The molecule has 11 heteroatoms. The van der Waals surface area contributed by atoms with Crippen LogP contribution in [-0.2, 0) is 6.18 Å². The highest BCUT2D eigenvalue weighted by atomic mass is 19.4. The van der Waals surface area contributed by atoms with Crippen molar-refractivity contribution >= 4 is 11.7 Å². The first-order valence-corrected chi connectivity index (χ1v) is 10.7. The van der Waals surface area contributed by atoms with Crippen molar-refractivity contribution in [3.8, 4) is 5.69 Å². The molecule has 3 aromatic rings. The van der Waals surface area contributed by atoms with Gasteiger partial charge in [0.25, 0.3) is 5.91 Å². The SMILES string of the molecule is Cc1ccc(-n2nccn2)c(C(=O)N2CCCC(C)C2CNc2ccc(C(F)(F)F)cn2)n1. The smallest absolute Gasteiger partial charge is 0.368 e. The summed E-state index contributed by atoms with van der Waals surface area (Å²) in [6.45, 7) is 4.78. The highest BCUT2D eigenvalue weighted by Gasteiger charge is 2.34. The second-order valence-corrected chi connectivity index (χ2v) is 8.14. The molecule has 0 aliphatic carbocycles. The lowest BCUT2D eigenvalue weighted by Gasteiger charge is -2.40. The summed E-state index contributed by atoms with van der Waals surface area (Å²) in [5.74, 6) is 0.272. The summed E-state index contributed by atoms with van der Waals surface area (Å²) in [5.41, 5.74) is 0.645. The topological polar surface area (TPSA) is 88.8 Å². The maximum Gasteiger partial charge on any atom is 0.417 e. The van der Waals surface area contributed by atoms with Crippen LogP contribution in [0.15, 0.2) is 42.9 Å². The molecule has 0 aromatic carbocycles. The van der Waals surface area contributed by atoms with Crippen LogP contribution in [0.1, 0.15) is 41.5 Å². The summed E-state index contributed by atoms with van der Waals surface area (Å²) in [7, 11) is 0. The van der Waals surface area contributed by atoms with E-state index in [1.807, 2.05) is 6.92 Å². The first-order valence-electron chi connectivity index (χ1n) is 10.7. The van der Waals surface area contributed by atoms with Gasteiger partial charge in [-0.1, -0.05) is 6.92 Å². The number of piperidine rings is 1. The van der Waals surface area contributed by atoms with Gasteiger partial charge in [-0.15, -0.1) is 4.80 Å². The van der Waals surface area contributed by atoms with E-state index in [4.69, 9.17) is 0 Å². The summed E-state index contributed by atoms with van der Waals surface area (Å²) in [4.78, 5) is 25.1. The number of nitrogens with one attached hydrogen (secondary N) is 1. The second kappa shape index (κ2) is 9.16. The van der Waals surface area contributed by atoms with Gasteiger partial charge in [0.1, 0.15) is 11.5 Å². The lowest BCUT2D eigenvalue weighted by Crippen LogP contribution is -2.51. The Morgan fingerprint density at radius 2 is 1.94 bits per heavy atom. The normalized spacial score (nSPS) is 18.9. The maximum atomic E-state index is 13.6. The van der Waals surface area contributed by atoms with Gasteiger partial charge in [-0.3, -0.25) is 4.79 Å². The molecule has 174 valence electrons. The molecule has 1 aliphatic rings. The zero-order valence-electron chi connectivity index (χ0n) is 18.3. The Morgan fingerprint density at radius 3 is 2.61 bits per heavy atom. The molecular weight excluding hydrogens is 435 g/mol. The first kappa shape index (κ1) is 22.7. The molecule has 0 spiro atoms. The molecule has 0 saturated carbocycles. The lowest BCUT2D eigenvalue weighted by molar-refractivity contribution is -0.137. The molecular formula is C22H24F3N7O. The van der Waals surface area contributed by atoms with Crippen molar-refractivity contribution in [3.05, 3.63) is 59.8 Å². The van der Waals surface area contributed by atoms with Crippen LogP contribution >= 0.6 is 0 Å². The van der Waals surface area contributed by atoms with Crippen molar-refractivity contribution in [3.63, 3.8) is 0 Å². The lowest BCUT2D eigenvalue weighted by atomic mass is 9.90. The molecule has 8 nitrogen and oxygen atoms in total. The average molecular weight is 459 g/mol. The number of anilines is 1. The van der Waals surface area contributed by atoms with Crippen LogP contribution in [-0.4, -0.2) is 54.9 Å². The second-order valence-electron chi connectivity index (χ2n) is 8.14. The number of rotatable bonds is 5. The minimum atomic E-state index is -4.44. The van der Waals surface area contributed by atoms with Gasteiger partial charge in [0.15, 0.2) is 5.69 Å². The third kappa shape index (κ3) is 4.96. The number of hydrogen-bond acceptors (Lipinski definition) is 6. The van der Waals surface area contributed by atoms with Gasteiger partial charge in [-0.05, 0) is 49.9 Å². The molecule has 1 aliphatic heterocycles. The minimum absolute atomic E-state index is 0.181. The Morgan fingerprint density at radius 1 is 1.18 bits per heavy atom. The van der Waals surface area contributed by atoms with E-state index in [0.29, 0.717) is 30.3 Å². The third-order valence-electron chi connectivity index (χ3n) is 5.81. The molecule has 1 amide bonds. The molecule has 1 N–H and O–H groups in total. The summed E-state index contributed by atoms with van der Waals surface area (Å²) in [6, 6.07) is 5.66. The zero-order valence-corrected chi connectivity index (χ0v) is 18.3. The number of alkyl halides is 3. The Balaban J connectivity index is 1.55. The van der Waals surface area contributed by atoms with E-state index >= 15 is 0 Å². The average Bonchev–Trinajstić information content (AvgIpc) is 3.32. The van der Waals surface area contributed by atoms with Crippen LogP contribution in [0.4, 0.5) is 19.0 Å². The van der Waals surface area contributed by atoms with E-state index in [1.165, 1.54) is 23.3 Å². The van der Waals surface area contributed by atoms with Gasteiger partial charge in [-0.2, -0.15) is 23.4 Å². The van der Waals surface area contributed by atoms with Gasteiger partial charge in [0.2, 0.25) is 0 Å². The largest absolute Gasteiger partial charge is 0.417 e. The van der Waals surface area contributed by atoms with E-state index in [-0.39, 0.29) is 23.6 Å². The number of pyridine rings is 2. The molecule has 0 bridgehead atoms. The Bertz CT molecular complexity index is 1100. The van der Waals surface area contributed by atoms with Crippen molar-refractivity contribution in [2.75, 3.05) is 18.4 Å². The van der Waals surface area contributed by atoms with Crippen LogP contribution in [0.25, 0.3) is 5.69 Å². The van der Waals surface area contributed by atoms with Gasteiger partial charge < -0.3 is 10.2 Å². The summed E-state index contributed by atoms with van der Waals surface area (Å²) in [5, 5.41) is 11.4. The molecule has 33 heavy (non-hydrogen) atoms. The van der Waals surface area contributed by atoms with E-state index < -0.39 is 11.7 Å². The van der Waals surface area contributed by atoms with E-state index in [9.17, 15) is 18.0 Å². The number of hydrogen-bond donors (Lipinski definition) is 1. The predicted molar refractivity (Wildman–Crippen MR) is 115 cm³/mol. The molecule has 3 aromatic heterocycles. The van der Waals surface area contributed by atoms with Gasteiger partial charge >= 0.3 is 6.18 Å². The number of aromatic nitrogens is 5. The van der Waals surface area contributed by atoms with Crippen molar-refractivity contribution in [1.29, 1.82) is 0 Å². The van der Waals surface area contributed by atoms with Crippen LogP contribution in [0.3, 0.4) is 0 Å². The molecule has 2 atom stereocenters. The number of carbonyl (C=O) groups excluding carboxylic acids is 1. The van der Waals surface area contributed by atoms with Crippen molar-refractivity contribution in [2.45, 2.75) is 38.9 Å². The minimum Gasteiger partial charge on any atom is -0.368 e. The predicted octanol–water partition coefficient (Wildman–Crippen LogP) is 3.74. The van der Waals surface area contributed by atoms with Crippen LogP contribution in [0, 0.1) is 12.8 Å². The van der Waals surface area contributed by atoms with Gasteiger partial charge in [0.05, 0.1) is 24.0 Å². The fourth-order valence-electron chi connectivity index (χ4n) is 4.03. The van der Waals surface area contributed by atoms with Crippen molar-refractivity contribution in [2.24, 2.45) is 5.92 Å². The number of carbonyl (C=O) groups is 1. The molecule has 2 unspecified atom stereocenters. The van der Waals surface area contributed by atoms with Gasteiger partial charge in [0, 0.05) is 25.0 Å². The quantitative estimate of drug-likeness (QED) is 0.625. The summed E-state index contributed by atoms with van der Waals surface area (Å²) in [6.07, 6.45) is 1.21. The highest BCUT2D eigenvalue weighted by Crippen LogP contribution is 2.29. The van der Waals surface area contributed by atoms with Crippen molar-refractivity contribution in [1.82, 2.24) is 29.9 Å². The Kier molecular flexibility index (Phi) is 6.30. The Hall–Kier alpha value is -3.50. The van der Waals surface area contributed by atoms with Crippen molar-refractivity contribution < 1.29 is 18.0 Å². The molecule has 1 fully saturated rings. The van der Waals surface area contributed by atoms with Crippen LogP contribution in [0.2, 0.25) is 0 Å². The van der Waals surface area contributed by atoms with E-state index in [0.717, 1.165) is 25.1 Å². The third-order valence-corrected chi connectivity index (χ3v) is 5.81.